The van der Waals surface area contributed by atoms with Crippen molar-refractivity contribution in [2.45, 2.75) is 10.1 Å². The molecule has 0 aliphatic carbocycles. The SMILES string of the molecule is NS(=O)(=O)c1ccc(OCCSc2nc3ccccc3n2-c2ccccc2)cc1. The minimum Gasteiger partial charge on any atom is -0.493 e. The van der Waals surface area contributed by atoms with Gasteiger partial charge in [0.1, 0.15) is 5.75 Å². The molecule has 4 aromatic rings. The highest BCUT2D eigenvalue weighted by Crippen LogP contribution is 2.28. The number of benzene rings is 3. The molecule has 8 heteroatoms. The highest BCUT2D eigenvalue weighted by molar-refractivity contribution is 7.99. The van der Waals surface area contributed by atoms with E-state index in [1.165, 1.54) is 12.1 Å². The Morgan fingerprint density at radius 3 is 2.34 bits per heavy atom. The Bertz CT molecular complexity index is 1220. The van der Waals surface area contributed by atoms with Crippen molar-refractivity contribution in [3.8, 4) is 11.4 Å². The van der Waals surface area contributed by atoms with E-state index >= 15 is 0 Å². The standard InChI is InChI=1S/C21H19N3O3S2/c22-29(25,26)18-12-10-17(11-13-18)27-14-15-28-21-23-19-8-4-5-9-20(19)24(21)16-6-2-1-3-7-16/h1-13H,14-15H2,(H2,22,25,26). The molecule has 6 nitrogen and oxygen atoms in total. The minimum atomic E-state index is -3.70. The number of hydrogen-bond acceptors (Lipinski definition) is 5. The van der Waals surface area contributed by atoms with Crippen LogP contribution in [0.3, 0.4) is 0 Å². The lowest BCUT2D eigenvalue weighted by molar-refractivity contribution is 0.343. The molecule has 0 atom stereocenters. The molecule has 0 spiro atoms. The van der Waals surface area contributed by atoms with E-state index in [1.54, 1.807) is 23.9 Å². The Hall–Kier alpha value is -2.81. The van der Waals surface area contributed by atoms with Crippen LogP contribution in [0.2, 0.25) is 0 Å². The number of fused-ring (bicyclic) bond motifs is 1. The van der Waals surface area contributed by atoms with E-state index in [-0.39, 0.29) is 4.90 Å². The first kappa shape index (κ1) is 19.5. The maximum Gasteiger partial charge on any atom is 0.238 e. The first-order valence-corrected chi connectivity index (χ1v) is 11.5. The summed E-state index contributed by atoms with van der Waals surface area (Å²) in [6, 6.07) is 24.2. The Labute approximate surface area is 173 Å². The average molecular weight is 426 g/mol. The van der Waals surface area contributed by atoms with Crippen molar-refractivity contribution in [3.05, 3.63) is 78.9 Å². The summed E-state index contributed by atoms with van der Waals surface area (Å²) in [5.41, 5.74) is 3.06. The van der Waals surface area contributed by atoms with Gasteiger partial charge < -0.3 is 4.74 Å². The number of rotatable bonds is 7. The van der Waals surface area contributed by atoms with Crippen LogP contribution in [0.4, 0.5) is 0 Å². The molecule has 2 N–H and O–H groups in total. The molecule has 0 saturated heterocycles. The second-order valence-corrected chi connectivity index (χ2v) is 8.89. The summed E-state index contributed by atoms with van der Waals surface area (Å²) in [5, 5.41) is 6.00. The van der Waals surface area contributed by atoms with Gasteiger partial charge in [-0.3, -0.25) is 4.57 Å². The van der Waals surface area contributed by atoms with Gasteiger partial charge in [-0.15, -0.1) is 0 Å². The quantitative estimate of drug-likeness (QED) is 0.359. The Morgan fingerprint density at radius 1 is 0.931 bits per heavy atom. The fraction of sp³-hybridized carbons (Fsp3) is 0.0952. The fourth-order valence-corrected chi connectivity index (χ4v) is 4.31. The van der Waals surface area contributed by atoms with Crippen molar-refractivity contribution in [3.63, 3.8) is 0 Å². The highest BCUT2D eigenvalue weighted by atomic mass is 32.2. The van der Waals surface area contributed by atoms with Crippen LogP contribution in [0, 0.1) is 0 Å². The number of thioether (sulfide) groups is 1. The number of ether oxygens (including phenoxy) is 1. The monoisotopic (exact) mass is 425 g/mol. The Morgan fingerprint density at radius 2 is 1.62 bits per heavy atom. The average Bonchev–Trinajstić information content (AvgIpc) is 3.10. The largest absolute Gasteiger partial charge is 0.493 e. The summed E-state index contributed by atoms with van der Waals surface area (Å²) in [7, 11) is -3.70. The maximum atomic E-state index is 11.3. The smallest absolute Gasteiger partial charge is 0.238 e. The predicted molar refractivity (Wildman–Crippen MR) is 115 cm³/mol. The topological polar surface area (TPSA) is 87.2 Å². The highest BCUT2D eigenvalue weighted by Gasteiger charge is 2.12. The van der Waals surface area contributed by atoms with Crippen molar-refractivity contribution in [2.24, 2.45) is 5.14 Å². The number of nitrogens with zero attached hydrogens (tertiary/aromatic N) is 2. The van der Waals surface area contributed by atoms with Crippen molar-refractivity contribution < 1.29 is 13.2 Å². The zero-order valence-electron chi connectivity index (χ0n) is 15.4. The molecular formula is C21H19N3O3S2. The summed E-state index contributed by atoms with van der Waals surface area (Å²) in [6.07, 6.45) is 0. The Balaban J connectivity index is 1.46. The zero-order valence-corrected chi connectivity index (χ0v) is 17.1. The minimum absolute atomic E-state index is 0.0656. The number of sulfonamides is 1. The van der Waals surface area contributed by atoms with Crippen LogP contribution >= 0.6 is 11.8 Å². The molecule has 0 fully saturated rings. The van der Waals surface area contributed by atoms with Gasteiger partial charge >= 0.3 is 0 Å². The van der Waals surface area contributed by atoms with Crippen LogP contribution in [-0.2, 0) is 10.0 Å². The van der Waals surface area contributed by atoms with Crippen LogP contribution in [0.1, 0.15) is 0 Å². The summed E-state index contributed by atoms with van der Waals surface area (Å²) in [6.45, 7) is 0.456. The van der Waals surface area contributed by atoms with E-state index in [4.69, 9.17) is 14.9 Å². The van der Waals surface area contributed by atoms with Gasteiger partial charge in [-0.1, -0.05) is 42.1 Å². The molecule has 4 rings (SSSR count). The lowest BCUT2D eigenvalue weighted by atomic mass is 10.3. The molecule has 0 radical (unpaired) electrons. The second-order valence-electron chi connectivity index (χ2n) is 6.27. The number of imidazole rings is 1. The molecule has 0 saturated carbocycles. The first-order chi connectivity index (χ1) is 14.0. The molecular weight excluding hydrogens is 406 g/mol. The molecule has 0 aliphatic heterocycles. The van der Waals surface area contributed by atoms with Gasteiger partial charge in [0.15, 0.2) is 5.16 Å². The molecule has 1 aromatic heterocycles. The predicted octanol–water partition coefficient (Wildman–Crippen LogP) is 3.84. The first-order valence-electron chi connectivity index (χ1n) is 8.94. The number of para-hydroxylation sites is 3. The zero-order chi connectivity index (χ0) is 20.3. The van der Waals surface area contributed by atoms with Gasteiger partial charge in [0.25, 0.3) is 0 Å². The Kier molecular flexibility index (Phi) is 5.57. The molecule has 148 valence electrons. The number of hydrogen-bond donors (Lipinski definition) is 1. The van der Waals surface area contributed by atoms with Crippen LogP contribution < -0.4 is 9.88 Å². The van der Waals surface area contributed by atoms with E-state index in [0.29, 0.717) is 18.1 Å². The number of aromatic nitrogens is 2. The summed E-state index contributed by atoms with van der Waals surface area (Å²) in [4.78, 5) is 4.83. The van der Waals surface area contributed by atoms with Crippen molar-refractivity contribution in [2.75, 3.05) is 12.4 Å². The van der Waals surface area contributed by atoms with Crippen molar-refractivity contribution in [1.82, 2.24) is 9.55 Å². The van der Waals surface area contributed by atoms with Crippen LogP contribution in [-0.4, -0.2) is 30.3 Å². The molecule has 0 aliphatic rings. The van der Waals surface area contributed by atoms with Gasteiger partial charge in [-0.05, 0) is 48.5 Å². The summed E-state index contributed by atoms with van der Waals surface area (Å²) < 4.78 is 30.5. The van der Waals surface area contributed by atoms with E-state index in [0.717, 1.165) is 21.9 Å². The summed E-state index contributed by atoms with van der Waals surface area (Å²) >= 11 is 1.61. The molecule has 0 unspecified atom stereocenters. The van der Waals surface area contributed by atoms with Gasteiger partial charge in [-0.2, -0.15) is 0 Å². The molecule has 29 heavy (non-hydrogen) atoms. The normalized spacial score (nSPS) is 11.6. The van der Waals surface area contributed by atoms with Gasteiger partial charge in [0, 0.05) is 11.4 Å². The van der Waals surface area contributed by atoms with Crippen LogP contribution in [0.5, 0.6) is 5.75 Å². The van der Waals surface area contributed by atoms with Gasteiger partial charge in [0.2, 0.25) is 10.0 Å². The van der Waals surface area contributed by atoms with E-state index in [9.17, 15) is 8.42 Å². The molecule has 1 heterocycles. The van der Waals surface area contributed by atoms with E-state index < -0.39 is 10.0 Å². The van der Waals surface area contributed by atoms with Gasteiger partial charge in [0.05, 0.1) is 22.5 Å². The number of nitrogens with two attached hydrogens (primary N) is 1. The van der Waals surface area contributed by atoms with Crippen LogP contribution in [0.15, 0.2) is 88.9 Å². The molecule has 0 bridgehead atoms. The molecule has 0 amide bonds. The molecule has 3 aromatic carbocycles. The van der Waals surface area contributed by atoms with Gasteiger partial charge in [-0.25, -0.2) is 18.5 Å². The summed E-state index contributed by atoms with van der Waals surface area (Å²) in [5.74, 6) is 1.28. The van der Waals surface area contributed by atoms with E-state index in [2.05, 4.69) is 22.8 Å². The third-order valence-corrected chi connectivity index (χ3v) is 6.11. The van der Waals surface area contributed by atoms with Crippen LogP contribution in [0.25, 0.3) is 16.7 Å². The second kappa shape index (κ2) is 8.28. The fourth-order valence-electron chi connectivity index (χ4n) is 2.95. The van der Waals surface area contributed by atoms with E-state index in [1.807, 2.05) is 36.4 Å². The lowest BCUT2D eigenvalue weighted by Gasteiger charge is -2.10. The van der Waals surface area contributed by atoms with Crippen molar-refractivity contribution >= 4 is 32.8 Å². The van der Waals surface area contributed by atoms with Crippen molar-refractivity contribution in [1.29, 1.82) is 0 Å². The number of primary sulfonamides is 1. The maximum absolute atomic E-state index is 11.3. The third kappa shape index (κ3) is 4.45. The third-order valence-electron chi connectivity index (χ3n) is 4.28. The lowest BCUT2D eigenvalue weighted by Crippen LogP contribution is -2.11.